The molecule has 0 aromatic carbocycles. The van der Waals surface area contributed by atoms with Gasteiger partial charge in [-0.3, -0.25) is 9.59 Å². The fourth-order valence-corrected chi connectivity index (χ4v) is 2.51. The van der Waals surface area contributed by atoms with Crippen LogP contribution in [0.25, 0.3) is 0 Å². The highest BCUT2D eigenvalue weighted by atomic mass is 35.5. The number of ether oxygens (including phenoxy) is 2. The molecule has 0 aliphatic carbocycles. The Balaban J connectivity index is 4.44. The van der Waals surface area contributed by atoms with E-state index >= 15 is 0 Å². The predicted octanol–water partition coefficient (Wildman–Crippen LogP) is 3.87. The average molecular weight is 398 g/mol. The van der Waals surface area contributed by atoms with Gasteiger partial charge in [0.05, 0.1) is 0 Å². The van der Waals surface area contributed by atoms with Crippen molar-refractivity contribution in [1.82, 2.24) is 5.32 Å². The molecule has 0 aliphatic rings. The van der Waals surface area contributed by atoms with Crippen LogP contribution in [0.4, 0.5) is 0 Å². The number of amides is 1. The van der Waals surface area contributed by atoms with Crippen molar-refractivity contribution in [1.29, 1.82) is 0 Å². The van der Waals surface area contributed by atoms with Crippen LogP contribution >= 0.6 is 23.2 Å². The van der Waals surface area contributed by atoms with Crippen LogP contribution in [-0.4, -0.2) is 35.0 Å². The number of halogens is 2. The molecule has 1 amide bonds. The third-order valence-electron chi connectivity index (χ3n) is 3.37. The van der Waals surface area contributed by atoms with Gasteiger partial charge in [0.25, 0.3) is 0 Å². The van der Waals surface area contributed by atoms with Crippen LogP contribution in [0.15, 0.2) is 0 Å². The molecule has 0 spiro atoms. The Morgan fingerprint density at radius 2 is 1.44 bits per heavy atom. The summed E-state index contributed by atoms with van der Waals surface area (Å²) in [4.78, 5) is 35.2. The molecule has 6 nitrogen and oxygen atoms in total. The Morgan fingerprint density at radius 3 is 1.92 bits per heavy atom. The fraction of sp³-hybridized carbons (Fsp3) is 0.824. The van der Waals surface area contributed by atoms with Gasteiger partial charge in [-0.1, -0.05) is 49.9 Å². The molecular formula is C17H29Cl2NO5. The zero-order valence-corrected chi connectivity index (χ0v) is 16.7. The summed E-state index contributed by atoms with van der Waals surface area (Å²) in [7, 11) is 0. The largest absolute Gasteiger partial charge is 0.446 e. The van der Waals surface area contributed by atoms with Gasteiger partial charge in [0.1, 0.15) is 6.04 Å². The Hall–Kier alpha value is -1.01. The number of alkyl halides is 2. The van der Waals surface area contributed by atoms with Gasteiger partial charge in [-0.05, 0) is 32.1 Å². The minimum absolute atomic E-state index is 0.0582. The quantitative estimate of drug-likeness (QED) is 0.376. The lowest BCUT2D eigenvalue weighted by molar-refractivity contribution is -0.151. The lowest BCUT2D eigenvalue weighted by Crippen LogP contribution is -2.42. The Kier molecular flexibility index (Phi) is 13.6. The average Bonchev–Trinajstić information content (AvgIpc) is 2.54. The Bertz CT molecular complexity index is 420. The van der Waals surface area contributed by atoms with E-state index in [0.29, 0.717) is 12.8 Å². The second kappa shape index (κ2) is 14.2. The normalized spacial score (nSPS) is 14.3. The molecule has 0 aromatic heterocycles. The van der Waals surface area contributed by atoms with Gasteiger partial charge in [0.15, 0.2) is 11.1 Å². The van der Waals surface area contributed by atoms with Crippen LogP contribution < -0.4 is 5.32 Å². The minimum atomic E-state index is -0.947. The van der Waals surface area contributed by atoms with Gasteiger partial charge in [0.2, 0.25) is 5.91 Å². The summed E-state index contributed by atoms with van der Waals surface area (Å²) in [5.74, 6) is -1.58. The predicted molar refractivity (Wildman–Crippen MR) is 97.4 cm³/mol. The van der Waals surface area contributed by atoms with Crippen molar-refractivity contribution >= 4 is 41.0 Å². The van der Waals surface area contributed by atoms with E-state index in [0.717, 1.165) is 25.7 Å². The van der Waals surface area contributed by atoms with Crippen molar-refractivity contribution < 1.29 is 23.9 Å². The lowest BCUT2D eigenvalue weighted by Gasteiger charge is -2.19. The van der Waals surface area contributed by atoms with E-state index in [1.54, 1.807) is 0 Å². The topological polar surface area (TPSA) is 81.7 Å². The summed E-state index contributed by atoms with van der Waals surface area (Å²) in [6.45, 7) is 5.30. The SMILES string of the molecule is CCCCC(Cl)OC(=O)CC[C@H](NC(C)=O)C(=O)OC(Cl)CCCC. The molecule has 0 saturated heterocycles. The smallest absolute Gasteiger partial charge is 0.330 e. The number of carbonyl (C=O) groups excluding carboxylic acids is 3. The van der Waals surface area contributed by atoms with E-state index in [-0.39, 0.29) is 12.8 Å². The highest BCUT2D eigenvalue weighted by Crippen LogP contribution is 2.14. The molecule has 0 fully saturated rings. The Morgan fingerprint density at radius 1 is 0.920 bits per heavy atom. The van der Waals surface area contributed by atoms with Crippen LogP contribution in [0.1, 0.15) is 72.1 Å². The third-order valence-corrected chi connectivity index (χ3v) is 3.99. The summed E-state index contributed by atoms with van der Waals surface area (Å²) >= 11 is 11.9. The molecule has 1 N–H and O–H groups in total. The molecule has 0 saturated carbocycles. The molecular weight excluding hydrogens is 369 g/mol. The summed E-state index contributed by atoms with van der Waals surface area (Å²) in [5.41, 5.74) is -1.43. The maximum Gasteiger partial charge on any atom is 0.330 e. The molecule has 0 aliphatic heterocycles. The summed E-state index contributed by atoms with van der Waals surface area (Å²) < 4.78 is 10.2. The van der Waals surface area contributed by atoms with Crippen molar-refractivity contribution in [3.05, 3.63) is 0 Å². The molecule has 146 valence electrons. The molecule has 0 bridgehead atoms. The Labute approximate surface area is 159 Å². The monoisotopic (exact) mass is 397 g/mol. The molecule has 0 radical (unpaired) electrons. The second-order valence-corrected chi connectivity index (χ2v) is 6.80. The summed E-state index contributed by atoms with van der Waals surface area (Å²) in [6, 6.07) is -0.947. The first-order chi connectivity index (χ1) is 11.8. The van der Waals surface area contributed by atoms with Crippen molar-refractivity contribution in [2.75, 3.05) is 0 Å². The van der Waals surface area contributed by atoms with Crippen LogP contribution in [0.5, 0.6) is 0 Å². The highest BCUT2D eigenvalue weighted by Gasteiger charge is 2.25. The maximum absolute atomic E-state index is 12.1. The van der Waals surface area contributed by atoms with E-state index in [1.807, 2.05) is 13.8 Å². The van der Waals surface area contributed by atoms with Crippen molar-refractivity contribution in [3.8, 4) is 0 Å². The summed E-state index contributed by atoms with van der Waals surface area (Å²) in [6.07, 6.45) is 4.68. The number of nitrogens with one attached hydrogen (secondary N) is 1. The summed E-state index contributed by atoms with van der Waals surface area (Å²) in [5, 5.41) is 2.47. The third kappa shape index (κ3) is 12.9. The highest BCUT2D eigenvalue weighted by molar-refractivity contribution is 6.20. The van der Waals surface area contributed by atoms with Crippen LogP contribution in [-0.2, 0) is 23.9 Å². The van der Waals surface area contributed by atoms with Gasteiger partial charge in [-0.25, -0.2) is 4.79 Å². The first-order valence-electron chi connectivity index (χ1n) is 8.75. The van der Waals surface area contributed by atoms with Gasteiger partial charge in [-0.15, -0.1) is 0 Å². The van der Waals surface area contributed by atoms with E-state index < -0.39 is 35.0 Å². The molecule has 3 atom stereocenters. The molecule has 0 heterocycles. The maximum atomic E-state index is 12.1. The van der Waals surface area contributed by atoms with Crippen LogP contribution in [0.2, 0.25) is 0 Å². The van der Waals surface area contributed by atoms with E-state index in [9.17, 15) is 14.4 Å². The number of esters is 2. The van der Waals surface area contributed by atoms with Gasteiger partial charge >= 0.3 is 11.9 Å². The second-order valence-electron chi connectivity index (χ2n) is 5.82. The van der Waals surface area contributed by atoms with Crippen LogP contribution in [0, 0.1) is 0 Å². The zero-order valence-electron chi connectivity index (χ0n) is 15.2. The van der Waals surface area contributed by atoms with E-state index in [4.69, 9.17) is 32.7 Å². The van der Waals surface area contributed by atoms with E-state index in [2.05, 4.69) is 5.32 Å². The molecule has 0 rings (SSSR count). The van der Waals surface area contributed by atoms with Crippen molar-refractivity contribution in [2.45, 2.75) is 89.3 Å². The van der Waals surface area contributed by atoms with Gasteiger partial charge in [-0.2, -0.15) is 0 Å². The first-order valence-corrected chi connectivity index (χ1v) is 9.62. The van der Waals surface area contributed by atoms with Crippen molar-refractivity contribution in [3.63, 3.8) is 0 Å². The molecule has 8 heteroatoms. The number of unbranched alkanes of at least 4 members (excludes halogenated alkanes) is 2. The minimum Gasteiger partial charge on any atom is -0.446 e. The number of rotatable bonds is 13. The fourth-order valence-electron chi connectivity index (χ4n) is 2.01. The molecule has 2 unspecified atom stereocenters. The lowest BCUT2D eigenvalue weighted by atomic mass is 10.1. The number of carbonyl (C=O) groups is 3. The number of hydrogen-bond acceptors (Lipinski definition) is 5. The molecule has 0 aromatic rings. The first kappa shape index (κ1) is 24.0. The molecule has 25 heavy (non-hydrogen) atoms. The standard InChI is InChI=1S/C17H29Cl2NO5/c1-4-6-8-14(18)24-16(22)11-10-13(20-12(3)21)17(23)25-15(19)9-7-5-2/h13-15H,4-11H2,1-3H3,(H,20,21)/t13-,14?,15?/m0/s1. The zero-order chi connectivity index (χ0) is 19.2. The van der Waals surface area contributed by atoms with E-state index in [1.165, 1.54) is 6.92 Å². The van der Waals surface area contributed by atoms with Crippen LogP contribution in [0.3, 0.4) is 0 Å². The van der Waals surface area contributed by atoms with Gasteiger partial charge < -0.3 is 14.8 Å². The van der Waals surface area contributed by atoms with Gasteiger partial charge in [0, 0.05) is 13.3 Å². The van der Waals surface area contributed by atoms with Crippen molar-refractivity contribution in [2.24, 2.45) is 0 Å². The number of hydrogen-bond donors (Lipinski definition) is 1.